The van der Waals surface area contributed by atoms with Gasteiger partial charge < -0.3 is 9.72 Å². The number of aromatic amines is 1. The zero-order chi connectivity index (χ0) is 21.3. The molecule has 3 rings (SSSR count). The van der Waals surface area contributed by atoms with Gasteiger partial charge in [0.1, 0.15) is 0 Å². The van der Waals surface area contributed by atoms with E-state index in [0.29, 0.717) is 45.1 Å². The first kappa shape index (κ1) is 20.9. The summed E-state index contributed by atoms with van der Waals surface area (Å²) in [7, 11) is 1.31. The molecule has 0 radical (unpaired) electrons. The molecule has 0 aliphatic carbocycles. The number of methoxy groups -OCH3 is 1. The smallest absolute Gasteiger partial charge is 0.339 e. The van der Waals surface area contributed by atoms with Crippen molar-refractivity contribution in [2.45, 2.75) is 44.6 Å². The molecule has 3 aromatic rings. The van der Waals surface area contributed by atoms with Gasteiger partial charge in [0.15, 0.2) is 10.9 Å². The van der Waals surface area contributed by atoms with E-state index in [0.717, 1.165) is 0 Å². The third-order valence-electron chi connectivity index (χ3n) is 4.87. The van der Waals surface area contributed by atoms with Crippen LogP contribution < -0.4 is 5.56 Å². The Kier molecular flexibility index (Phi) is 5.93. The van der Waals surface area contributed by atoms with Gasteiger partial charge in [0, 0.05) is 12.2 Å². The van der Waals surface area contributed by atoms with Gasteiger partial charge in [0.25, 0.3) is 5.56 Å². The first-order valence-corrected chi connectivity index (χ1v) is 10.2. The Morgan fingerprint density at radius 3 is 2.62 bits per heavy atom. The Balaban J connectivity index is 1.97. The summed E-state index contributed by atoms with van der Waals surface area (Å²) in [6.07, 6.45) is 0. The maximum absolute atomic E-state index is 13.1. The summed E-state index contributed by atoms with van der Waals surface area (Å²) in [6.45, 7) is 7.54. The summed E-state index contributed by atoms with van der Waals surface area (Å²) >= 11 is 1.23. The maximum Gasteiger partial charge on any atom is 0.339 e. The van der Waals surface area contributed by atoms with Gasteiger partial charge in [-0.2, -0.15) is 0 Å². The third kappa shape index (κ3) is 3.72. The molecular formula is C21H23N3O4S. The molecule has 1 aromatic carbocycles. The normalized spacial score (nSPS) is 12.2. The fourth-order valence-corrected chi connectivity index (χ4v) is 4.37. The van der Waals surface area contributed by atoms with Crippen molar-refractivity contribution in [3.05, 3.63) is 57.1 Å². The van der Waals surface area contributed by atoms with Gasteiger partial charge in [-0.05, 0) is 45.4 Å². The van der Waals surface area contributed by atoms with Crippen molar-refractivity contribution in [1.29, 1.82) is 0 Å². The molecule has 1 N–H and O–H groups in total. The van der Waals surface area contributed by atoms with Crippen LogP contribution in [0.1, 0.15) is 46.0 Å². The van der Waals surface area contributed by atoms with Gasteiger partial charge in [0.05, 0.1) is 34.5 Å². The van der Waals surface area contributed by atoms with Crippen LogP contribution in [0.15, 0.2) is 34.2 Å². The minimum absolute atomic E-state index is 0.125. The van der Waals surface area contributed by atoms with Crippen molar-refractivity contribution in [2.75, 3.05) is 7.11 Å². The average molecular weight is 413 g/mol. The van der Waals surface area contributed by atoms with Crippen LogP contribution in [0.5, 0.6) is 0 Å². The molecule has 2 aromatic heterocycles. The monoisotopic (exact) mass is 413 g/mol. The molecular weight excluding hydrogens is 390 g/mol. The number of ether oxygens (including phenoxy) is 1. The van der Waals surface area contributed by atoms with Crippen LogP contribution in [0, 0.1) is 13.8 Å². The molecule has 0 spiro atoms. The number of H-pyrrole nitrogens is 1. The van der Waals surface area contributed by atoms with E-state index in [1.54, 1.807) is 43.5 Å². The summed E-state index contributed by atoms with van der Waals surface area (Å²) in [6, 6.07) is 7.17. The van der Waals surface area contributed by atoms with Crippen LogP contribution in [0.4, 0.5) is 0 Å². The highest BCUT2D eigenvalue weighted by atomic mass is 32.2. The lowest BCUT2D eigenvalue weighted by atomic mass is 10.1. The summed E-state index contributed by atoms with van der Waals surface area (Å²) < 4.78 is 6.38. The highest BCUT2D eigenvalue weighted by Crippen LogP contribution is 2.27. The summed E-state index contributed by atoms with van der Waals surface area (Å²) in [4.78, 5) is 45.5. The van der Waals surface area contributed by atoms with E-state index in [1.807, 2.05) is 13.0 Å². The van der Waals surface area contributed by atoms with E-state index in [9.17, 15) is 14.4 Å². The first-order chi connectivity index (χ1) is 13.8. The first-order valence-electron chi connectivity index (χ1n) is 9.28. The van der Waals surface area contributed by atoms with Crippen molar-refractivity contribution < 1.29 is 14.3 Å². The van der Waals surface area contributed by atoms with Crippen LogP contribution in [0.25, 0.3) is 10.9 Å². The number of rotatable bonds is 6. The summed E-state index contributed by atoms with van der Waals surface area (Å²) in [5.41, 5.74) is 2.37. The highest BCUT2D eigenvalue weighted by Gasteiger charge is 2.27. The summed E-state index contributed by atoms with van der Waals surface area (Å²) in [5.74, 6) is -0.651. The third-order valence-corrected chi connectivity index (χ3v) is 5.96. The minimum Gasteiger partial charge on any atom is -0.465 e. The number of hydrogen-bond donors (Lipinski definition) is 1. The number of benzene rings is 1. The van der Waals surface area contributed by atoms with Crippen molar-refractivity contribution in [3.63, 3.8) is 0 Å². The minimum atomic E-state index is -0.511. The van der Waals surface area contributed by atoms with Crippen LogP contribution in [0.2, 0.25) is 0 Å². The van der Waals surface area contributed by atoms with E-state index in [4.69, 9.17) is 4.74 Å². The zero-order valence-corrected chi connectivity index (χ0v) is 17.8. The zero-order valence-electron chi connectivity index (χ0n) is 17.0. The van der Waals surface area contributed by atoms with Gasteiger partial charge >= 0.3 is 5.97 Å². The number of nitrogens with zero attached hydrogens (tertiary/aromatic N) is 2. The van der Waals surface area contributed by atoms with Crippen molar-refractivity contribution in [2.24, 2.45) is 0 Å². The fraction of sp³-hybridized carbons (Fsp3) is 0.333. The van der Waals surface area contributed by atoms with E-state index in [2.05, 4.69) is 9.97 Å². The predicted octanol–water partition coefficient (Wildman–Crippen LogP) is 3.51. The Labute approximate surface area is 172 Å². The number of para-hydroxylation sites is 1. The van der Waals surface area contributed by atoms with Gasteiger partial charge in [0.2, 0.25) is 0 Å². The Morgan fingerprint density at radius 2 is 1.97 bits per heavy atom. The molecule has 8 heteroatoms. The second-order valence-electron chi connectivity index (χ2n) is 6.70. The number of aromatic nitrogens is 3. The Hall–Kier alpha value is -2.87. The molecule has 0 saturated carbocycles. The van der Waals surface area contributed by atoms with Gasteiger partial charge in [-0.3, -0.25) is 14.2 Å². The van der Waals surface area contributed by atoms with Crippen LogP contribution >= 0.6 is 11.8 Å². The molecule has 152 valence electrons. The number of thioether (sulfide) groups is 1. The standard InChI is InChI=1S/C21H23N3O4S/c1-6-24-19(26)14-9-7-8-10-15(14)23-21(24)29-13(4)18(25)17-11(2)16(12(3)22-17)20(27)28-5/h7-10,13,22H,6H2,1-5H3/t13-/m1/s1. The number of hydrogen-bond acceptors (Lipinski definition) is 6. The van der Waals surface area contributed by atoms with Gasteiger partial charge in [-0.25, -0.2) is 9.78 Å². The number of aryl methyl sites for hydroxylation is 1. The molecule has 0 saturated heterocycles. The van der Waals surface area contributed by atoms with Crippen molar-refractivity contribution in [3.8, 4) is 0 Å². The molecule has 0 aliphatic rings. The lowest BCUT2D eigenvalue weighted by molar-refractivity contribution is 0.0599. The van der Waals surface area contributed by atoms with Crippen LogP contribution in [-0.4, -0.2) is 38.6 Å². The number of carbonyl (C=O) groups is 2. The van der Waals surface area contributed by atoms with Crippen molar-refractivity contribution in [1.82, 2.24) is 14.5 Å². The Bertz CT molecular complexity index is 1160. The molecule has 7 nitrogen and oxygen atoms in total. The summed E-state index contributed by atoms with van der Waals surface area (Å²) in [5, 5.41) is 0.533. The SMILES string of the molecule is CCn1c(S[C@H](C)C(=O)c2[nH]c(C)c(C(=O)OC)c2C)nc2ccccc2c1=O. The van der Waals surface area contributed by atoms with E-state index in [-0.39, 0.29) is 11.3 Å². The molecule has 0 bridgehead atoms. The molecule has 0 unspecified atom stereocenters. The predicted molar refractivity (Wildman–Crippen MR) is 113 cm³/mol. The molecule has 29 heavy (non-hydrogen) atoms. The number of esters is 1. The number of fused-ring (bicyclic) bond motifs is 1. The number of Topliss-reactive ketones (excluding diaryl/α,β-unsaturated/α-hetero) is 1. The second-order valence-corrected chi connectivity index (χ2v) is 8.01. The number of nitrogens with one attached hydrogen (secondary N) is 1. The molecule has 2 heterocycles. The van der Waals surface area contributed by atoms with Crippen molar-refractivity contribution >= 4 is 34.4 Å². The maximum atomic E-state index is 13.1. The largest absolute Gasteiger partial charge is 0.465 e. The van der Waals surface area contributed by atoms with Crippen LogP contribution in [-0.2, 0) is 11.3 Å². The quantitative estimate of drug-likeness (QED) is 0.288. The molecule has 0 aliphatic heterocycles. The Morgan fingerprint density at radius 1 is 1.28 bits per heavy atom. The van der Waals surface area contributed by atoms with E-state index >= 15 is 0 Å². The van der Waals surface area contributed by atoms with Gasteiger partial charge in [-0.1, -0.05) is 23.9 Å². The van der Waals surface area contributed by atoms with E-state index < -0.39 is 11.2 Å². The molecule has 0 fully saturated rings. The molecule has 0 amide bonds. The molecule has 1 atom stereocenters. The average Bonchev–Trinajstić information content (AvgIpc) is 3.01. The highest BCUT2D eigenvalue weighted by molar-refractivity contribution is 8.00. The topological polar surface area (TPSA) is 94.1 Å². The van der Waals surface area contributed by atoms with Crippen LogP contribution in [0.3, 0.4) is 0 Å². The van der Waals surface area contributed by atoms with E-state index in [1.165, 1.54) is 18.9 Å². The fourth-order valence-electron chi connectivity index (χ4n) is 3.34. The number of ketones is 1. The number of carbonyl (C=O) groups excluding carboxylic acids is 2. The van der Waals surface area contributed by atoms with Gasteiger partial charge in [-0.15, -0.1) is 0 Å². The lowest BCUT2D eigenvalue weighted by Crippen LogP contribution is -2.24. The second kappa shape index (κ2) is 8.24. The lowest BCUT2D eigenvalue weighted by Gasteiger charge is -2.14.